The van der Waals surface area contributed by atoms with E-state index in [9.17, 15) is 18.0 Å². The number of amides is 2. The molecular weight excluding hydrogens is 526 g/mol. The van der Waals surface area contributed by atoms with Gasteiger partial charge in [0, 0.05) is 13.1 Å². The minimum Gasteiger partial charge on any atom is -0.497 e. The summed E-state index contributed by atoms with van der Waals surface area (Å²) in [6.45, 7) is 9.59. The summed E-state index contributed by atoms with van der Waals surface area (Å²) in [7, 11) is -2.60. The van der Waals surface area contributed by atoms with Crippen LogP contribution in [0.15, 0.2) is 77.7 Å². The van der Waals surface area contributed by atoms with Gasteiger partial charge in [0.15, 0.2) is 0 Å². The average molecular weight is 566 g/mol. The molecule has 0 heterocycles. The molecule has 8 nitrogen and oxygen atoms in total. The van der Waals surface area contributed by atoms with Crippen molar-refractivity contribution in [2.24, 2.45) is 5.92 Å². The van der Waals surface area contributed by atoms with Crippen LogP contribution in [0.4, 0.5) is 5.69 Å². The fourth-order valence-corrected chi connectivity index (χ4v) is 5.57. The first-order chi connectivity index (χ1) is 18.9. The van der Waals surface area contributed by atoms with Crippen LogP contribution in [-0.2, 0) is 26.2 Å². The predicted octanol–water partition coefficient (Wildman–Crippen LogP) is 4.70. The molecule has 3 aromatic carbocycles. The number of methoxy groups -OCH3 is 1. The molecule has 40 heavy (non-hydrogen) atoms. The molecule has 0 bridgehead atoms. The maximum atomic E-state index is 14.0. The molecule has 0 saturated heterocycles. The third-order valence-electron chi connectivity index (χ3n) is 6.54. The summed E-state index contributed by atoms with van der Waals surface area (Å²) in [6.07, 6.45) is 0. The zero-order valence-corrected chi connectivity index (χ0v) is 24.9. The van der Waals surface area contributed by atoms with Gasteiger partial charge in [0.05, 0.1) is 17.7 Å². The second-order valence-electron chi connectivity index (χ2n) is 10.3. The number of sulfonamides is 1. The largest absolute Gasteiger partial charge is 0.497 e. The molecule has 0 spiro atoms. The number of nitrogens with zero attached hydrogens (tertiary/aromatic N) is 2. The molecule has 9 heteroatoms. The normalized spacial score (nSPS) is 12.1. The van der Waals surface area contributed by atoms with E-state index in [1.165, 1.54) is 24.1 Å². The number of rotatable bonds is 12. The minimum absolute atomic E-state index is 0.0645. The van der Waals surface area contributed by atoms with Gasteiger partial charge < -0.3 is 15.0 Å². The maximum absolute atomic E-state index is 14.0. The van der Waals surface area contributed by atoms with Crippen LogP contribution < -0.4 is 14.4 Å². The third kappa shape index (κ3) is 7.85. The van der Waals surface area contributed by atoms with E-state index in [4.69, 9.17) is 4.74 Å². The lowest BCUT2D eigenvalue weighted by atomic mass is 10.1. The van der Waals surface area contributed by atoms with Gasteiger partial charge in [0.1, 0.15) is 18.3 Å². The molecule has 214 valence electrons. The Balaban J connectivity index is 2.02. The maximum Gasteiger partial charge on any atom is 0.264 e. The Hall–Kier alpha value is -3.85. The van der Waals surface area contributed by atoms with Crippen LogP contribution in [0.3, 0.4) is 0 Å². The van der Waals surface area contributed by atoms with Gasteiger partial charge in [0.2, 0.25) is 11.8 Å². The number of hydrogen-bond acceptors (Lipinski definition) is 5. The Bertz CT molecular complexity index is 1400. The van der Waals surface area contributed by atoms with E-state index >= 15 is 0 Å². The van der Waals surface area contributed by atoms with Gasteiger partial charge >= 0.3 is 0 Å². The summed E-state index contributed by atoms with van der Waals surface area (Å²) in [5.74, 6) is -0.00568. The monoisotopic (exact) mass is 565 g/mol. The number of aryl methyl sites for hydroxylation is 2. The summed E-state index contributed by atoms with van der Waals surface area (Å²) in [6, 6.07) is 19.8. The van der Waals surface area contributed by atoms with Crippen molar-refractivity contribution in [1.82, 2.24) is 10.2 Å². The highest BCUT2D eigenvalue weighted by Gasteiger charge is 2.32. The van der Waals surface area contributed by atoms with Gasteiger partial charge in [0.25, 0.3) is 10.0 Å². The van der Waals surface area contributed by atoms with Crippen molar-refractivity contribution in [2.45, 2.75) is 52.1 Å². The van der Waals surface area contributed by atoms with E-state index in [1.54, 1.807) is 43.3 Å². The molecule has 0 aromatic heterocycles. The zero-order valence-electron chi connectivity index (χ0n) is 24.0. The first kappa shape index (κ1) is 30.7. The molecule has 2 amide bonds. The molecule has 0 aliphatic heterocycles. The Kier molecular flexibility index (Phi) is 10.3. The van der Waals surface area contributed by atoms with Crippen molar-refractivity contribution in [3.05, 3.63) is 89.5 Å². The number of ether oxygens (including phenoxy) is 1. The third-order valence-corrected chi connectivity index (χ3v) is 8.32. The standard InChI is InChI=1S/C31H39N3O5S/c1-22(2)19-32-31(36)25(5)33(20-26-9-7-8-24(4)18-26)30(35)21-34(27-12-14-28(39-6)15-13-27)40(37,38)29-16-10-23(3)11-17-29/h7-18,22,25H,19-21H2,1-6H3,(H,32,36)/t25-/m1/s1. The van der Waals surface area contributed by atoms with Gasteiger partial charge in [-0.1, -0.05) is 61.4 Å². The van der Waals surface area contributed by atoms with Crippen molar-refractivity contribution in [3.8, 4) is 5.75 Å². The van der Waals surface area contributed by atoms with E-state index in [-0.39, 0.29) is 23.3 Å². The van der Waals surface area contributed by atoms with E-state index < -0.39 is 28.5 Å². The lowest BCUT2D eigenvalue weighted by Crippen LogP contribution is -2.51. The van der Waals surface area contributed by atoms with Gasteiger partial charge in [-0.2, -0.15) is 0 Å². The Morgan fingerprint density at radius 3 is 2.12 bits per heavy atom. The van der Waals surface area contributed by atoms with Crippen LogP contribution >= 0.6 is 0 Å². The lowest BCUT2D eigenvalue weighted by molar-refractivity contribution is -0.139. The van der Waals surface area contributed by atoms with Crippen LogP contribution in [0.1, 0.15) is 37.5 Å². The molecule has 0 aliphatic carbocycles. The fraction of sp³-hybridized carbons (Fsp3) is 0.355. The van der Waals surface area contributed by atoms with Crippen molar-refractivity contribution < 1.29 is 22.7 Å². The number of carbonyl (C=O) groups is 2. The molecule has 0 unspecified atom stereocenters. The summed E-state index contributed by atoms with van der Waals surface area (Å²) in [4.78, 5) is 28.5. The second-order valence-corrected chi connectivity index (χ2v) is 12.2. The topological polar surface area (TPSA) is 96.0 Å². The fourth-order valence-electron chi connectivity index (χ4n) is 4.16. The van der Waals surface area contributed by atoms with Crippen LogP contribution in [0.2, 0.25) is 0 Å². The first-order valence-electron chi connectivity index (χ1n) is 13.3. The van der Waals surface area contributed by atoms with Crippen molar-refractivity contribution in [1.29, 1.82) is 0 Å². The average Bonchev–Trinajstić information content (AvgIpc) is 2.93. The van der Waals surface area contributed by atoms with Crippen molar-refractivity contribution >= 4 is 27.5 Å². The van der Waals surface area contributed by atoms with E-state index in [0.29, 0.717) is 18.0 Å². The number of benzene rings is 3. The highest BCUT2D eigenvalue weighted by Crippen LogP contribution is 2.27. The number of carbonyl (C=O) groups excluding carboxylic acids is 2. The van der Waals surface area contributed by atoms with Crippen LogP contribution in [0, 0.1) is 19.8 Å². The molecule has 1 N–H and O–H groups in total. The van der Waals surface area contributed by atoms with E-state index in [0.717, 1.165) is 21.0 Å². The Morgan fingerprint density at radius 1 is 0.900 bits per heavy atom. The van der Waals surface area contributed by atoms with E-state index in [1.807, 2.05) is 52.0 Å². The lowest BCUT2D eigenvalue weighted by Gasteiger charge is -2.32. The van der Waals surface area contributed by atoms with Crippen molar-refractivity contribution in [2.75, 3.05) is 24.5 Å². The van der Waals surface area contributed by atoms with Gasteiger partial charge in [-0.05, 0) is 68.7 Å². The smallest absolute Gasteiger partial charge is 0.264 e. The Morgan fingerprint density at radius 2 is 1.55 bits per heavy atom. The van der Waals surface area contributed by atoms with Crippen molar-refractivity contribution in [3.63, 3.8) is 0 Å². The SMILES string of the molecule is COc1ccc(N(CC(=O)N(Cc2cccc(C)c2)[C@H](C)C(=O)NCC(C)C)S(=O)(=O)c2ccc(C)cc2)cc1. The summed E-state index contributed by atoms with van der Waals surface area (Å²) >= 11 is 0. The predicted molar refractivity (Wildman–Crippen MR) is 158 cm³/mol. The van der Waals surface area contributed by atoms with Crippen LogP contribution in [0.25, 0.3) is 0 Å². The number of anilines is 1. The van der Waals surface area contributed by atoms with Gasteiger partial charge in [-0.15, -0.1) is 0 Å². The molecule has 0 saturated carbocycles. The van der Waals surface area contributed by atoms with Gasteiger partial charge in [-0.25, -0.2) is 8.42 Å². The van der Waals surface area contributed by atoms with Crippen LogP contribution in [0.5, 0.6) is 5.75 Å². The molecule has 0 aliphatic rings. The molecular formula is C31H39N3O5S. The summed E-state index contributed by atoms with van der Waals surface area (Å²) in [5.41, 5.74) is 3.08. The number of nitrogens with one attached hydrogen (secondary N) is 1. The molecule has 3 rings (SSSR count). The molecule has 3 aromatic rings. The molecule has 1 atom stereocenters. The first-order valence-corrected chi connectivity index (χ1v) is 14.7. The quantitative estimate of drug-likeness (QED) is 0.344. The summed E-state index contributed by atoms with van der Waals surface area (Å²) in [5, 5.41) is 2.89. The zero-order chi connectivity index (χ0) is 29.4. The van der Waals surface area contributed by atoms with Gasteiger partial charge in [-0.3, -0.25) is 13.9 Å². The molecule has 0 radical (unpaired) electrons. The Labute approximate surface area is 238 Å². The molecule has 0 fully saturated rings. The van der Waals surface area contributed by atoms with Crippen LogP contribution in [-0.4, -0.2) is 51.4 Å². The highest BCUT2D eigenvalue weighted by atomic mass is 32.2. The summed E-state index contributed by atoms with van der Waals surface area (Å²) < 4.78 is 34.1. The highest BCUT2D eigenvalue weighted by molar-refractivity contribution is 7.92. The second kappa shape index (κ2) is 13.5. The minimum atomic E-state index is -4.12. The van der Waals surface area contributed by atoms with E-state index in [2.05, 4.69) is 5.32 Å². The number of hydrogen-bond donors (Lipinski definition) is 1.